The van der Waals surface area contributed by atoms with Crippen LogP contribution in [0.25, 0.3) is 4.85 Å². The van der Waals surface area contributed by atoms with E-state index in [2.05, 4.69) is 4.85 Å². The van der Waals surface area contributed by atoms with Crippen molar-refractivity contribution in [2.24, 2.45) is 0 Å². The molecule has 1 atom stereocenters. The molecule has 0 spiro atoms. The van der Waals surface area contributed by atoms with Crippen LogP contribution in [0, 0.1) is 6.57 Å². The van der Waals surface area contributed by atoms with Crippen LogP contribution in [0.5, 0.6) is 0 Å². The Kier molecular flexibility index (Phi) is 2.97. The molecule has 0 bridgehead atoms. The lowest BCUT2D eigenvalue weighted by Gasteiger charge is -2.00. The first-order valence-electron chi connectivity index (χ1n) is 3.46. The third kappa shape index (κ3) is 2.14. The van der Waals surface area contributed by atoms with E-state index in [0.29, 0.717) is 10.0 Å². The Morgan fingerprint density at radius 1 is 1.25 bits per heavy atom. The van der Waals surface area contributed by atoms with Crippen LogP contribution in [-0.2, 0) is 0 Å². The summed E-state index contributed by atoms with van der Waals surface area (Å²) in [6, 6.07) is 5.00. The van der Waals surface area contributed by atoms with Gasteiger partial charge in [-0.3, -0.25) is 0 Å². The second-order valence-electron chi connectivity index (χ2n) is 2.51. The number of halogens is 2. The molecule has 1 unspecified atom stereocenters. The number of nitrogens with zero attached hydrogens (tertiary/aromatic N) is 1. The molecule has 0 N–H and O–H groups in total. The van der Waals surface area contributed by atoms with Crippen LogP contribution in [0.3, 0.4) is 0 Å². The van der Waals surface area contributed by atoms with E-state index in [1.54, 1.807) is 18.2 Å². The Morgan fingerprint density at radius 3 is 2.17 bits per heavy atom. The highest BCUT2D eigenvalue weighted by Gasteiger charge is 2.09. The summed E-state index contributed by atoms with van der Waals surface area (Å²) >= 11 is 11.5. The lowest BCUT2D eigenvalue weighted by molar-refractivity contribution is 0.962. The van der Waals surface area contributed by atoms with Gasteiger partial charge in [-0.2, -0.15) is 0 Å². The lowest BCUT2D eigenvalue weighted by atomic mass is 10.1. The van der Waals surface area contributed by atoms with Gasteiger partial charge < -0.3 is 4.85 Å². The maximum absolute atomic E-state index is 6.83. The van der Waals surface area contributed by atoms with Gasteiger partial charge >= 0.3 is 0 Å². The van der Waals surface area contributed by atoms with Crippen LogP contribution in [0.15, 0.2) is 18.2 Å². The maximum Gasteiger partial charge on any atom is 0.246 e. The van der Waals surface area contributed by atoms with E-state index in [1.807, 2.05) is 6.92 Å². The molecule has 0 aliphatic rings. The van der Waals surface area contributed by atoms with Gasteiger partial charge in [-0.1, -0.05) is 23.2 Å². The fraction of sp³-hybridized carbons (Fsp3) is 0.222. The van der Waals surface area contributed by atoms with Gasteiger partial charge in [0, 0.05) is 22.5 Å². The summed E-state index contributed by atoms with van der Waals surface area (Å²) in [6.07, 6.45) is 0. The van der Waals surface area contributed by atoms with Crippen LogP contribution in [0.1, 0.15) is 18.5 Å². The van der Waals surface area contributed by atoms with Gasteiger partial charge in [-0.25, -0.2) is 6.57 Å². The summed E-state index contributed by atoms with van der Waals surface area (Å²) in [7, 11) is 0. The molecule has 0 amide bonds. The molecule has 0 aliphatic carbocycles. The zero-order chi connectivity index (χ0) is 9.14. The monoisotopic (exact) mass is 199 g/mol. The quantitative estimate of drug-likeness (QED) is 0.604. The van der Waals surface area contributed by atoms with E-state index in [9.17, 15) is 0 Å². The van der Waals surface area contributed by atoms with Gasteiger partial charge in [0.25, 0.3) is 0 Å². The van der Waals surface area contributed by atoms with Crippen molar-refractivity contribution >= 4 is 23.2 Å². The summed E-state index contributed by atoms with van der Waals surface area (Å²) in [5.41, 5.74) is 0.863. The minimum Gasteiger partial charge on any atom is -0.309 e. The van der Waals surface area contributed by atoms with Gasteiger partial charge in [-0.15, -0.1) is 0 Å². The van der Waals surface area contributed by atoms with Gasteiger partial charge in [-0.05, 0) is 18.2 Å². The SMILES string of the molecule is [C-]#[N+]C(C)c1cc(Cl)cc(Cl)c1. The Hall–Kier alpha value is -0.710. The summed E-state index contributed by atoms with van der Waals surface area (Å²) in [5.74, 6) is 0. The summed E-state index contributed by atoms with van der Waals surface area (Å²) < 4.78 is 0. The first kappa shape index (κ1) is 9.38. The molecule has 1 rings (SSSR count). The van der Waals surface area contributed by atoms with Gasteiger partial charge in [0.2, 0.25) is 6.04 Å². The minimum atomic E-state index is -0.179. The molecule has 0 heterocycles. The molecule has 0 saturated heterocycles. The molecule has 0 aromatic heterocycles. The highest BCUT2D eigenvalue weighted by molar-refractivity contribution is 6.34. The summed E-state index contributed by atoms with van der Waals surface area (Å²) in [6.45, 7) is 8.64. The first-order valence-corrected chi connectivity index (χ1v) is 4.21. The van der Waals surface area contributed by atoms with Gasteiger partial charge in [0.1, 0.15) is 0 Å². The molecule has 12 heavy (non-hydrogen) atoms. The van der Waals surface area contributed by atoms with Gasteiger partial charge in [0.05, 0.1) is 0 Å². The Labute approximate surface area is 81.7 Å². The molecular weight excluding hydrogens is 193 g/mol. The highest BCUT2D eigenvalue weighted by atomic mass is 35.5. The molecule has 0 radical (unpaired) electrons. The van der Waals surface area contributed by atoms with E-state index in [0.717, 1.165) is 5.56 Å². The van der Waals surface area contributed by atoms with Crippen molar-refractivity contribution in [2.75, 3.05) is 0 Å². The Balaban J connectivity index is 3.10. The minimum absolute atomic E-state index is 0.179. The highest BCUT2D eigenvalue weighted by Crippen LogP contribution is 2.24. The fourth-order valence-electron chi connectivity index (χ4n) is 0.891. The Bertz CT molecular complexity index is 308. The smallest absolute Gasteiger partial charge is 0.246 e. The van der Waals surface area contributed by atoms with E-state index in [4.69, 9.17) is 29.8 Å². The average Bonchev–Trinajstić information content (AvgIpc) is 2.01. The predicted octanol–water partition coefficient (Wildman–Crippen LogP) is 3.97. The number of benzene rings is 1. The van der Waals surface area contributed by atoms with E-state index in [1.165, 1.54) is 0 Å². The van der Waals surface area contributed by atoms with Crippen molar-refractivity contribution in [2.45, 2.75) is 13.0 Å². The van der Waals surface area contributed by atoms with E-state index < -0.39 is 0 Å². The number of hydrogen-bond donors (Lipinski definition) is 0. The second kappa shape index (κ2) is 3.80. The average molecular weight is 200 g/mol. The number of hydrogen-bond acceptors (Lipinski definition) is 0. The molecule has 1 nitrogen and oxygen atoms in total. The predicted molar refractivity (Wildman–Crippen MR) is 51.5 cm³/mol. The molecule has 0 fully saturated rings. The number of rotatable bonds is 1. The topological polar surface area (TPSA) is 4.36 Å². The zero-order valence-corrected chi connectivity index (χ0v) is 8.02. The third-order valence-corrected chi connectivity index (χ3v) is 2.00. The zero-order valence-electron chi connectivity index (χ0n) is 6.51. The van der Waals surface area contributed by atoms with Gasteiger partial charge in [0.15, 0.2) is 0 Å². The summed E-state index contributed by atoms with van der Waals surface area (Å²) in [4.78, 5) is 3.37. The molecule has 3 heteroatoms. The van der Waals surface area contributed by atoms with Crippen LogP contribution >= 0.6 is 23.2 Å². The molecule has 0 aliphatic heterocycles. The van der Waals surface area contributed by atoms with Crippen molar-refractivity contribution in [3.05, 3.63) is 45.2 Å². The lowest BCUT2D eigenvalue weighted by Crippen LogP contribution is -1.86. The first-order chi connectivity index (χ1) is 5.63. The van der Waals surface area contributed by atoms with Crippen molar-refractivity contribution in [1.29, 1.82) is 0 Å². The Morgan fingerprint density at radius 2 is 1.75 bits per heavy atom. The van der Waals surface area contributed by atoms with Crippen LogP contribution in [-0.4, -0.2) is 0 Å². The second-order valence-corrected chi connectivity index (χ2v) is 3.38. The third-order valence-electron chi connectivity index (χ3n) is 1.56. The maximum atomic E-state index is 6.83. The normalized spacial score (nSPS) is 12.2. The fourth-order valence-corrected chi connectivity index (χ4v) is 1.43. The summed E-state index contributed by atoms with van der Waals surface area (Å²) in [5, 5.41) is 1.15. The van der Waals surface area contributed by atoms with Crippen molar-refractivity contribution < 1.29 is 0 Å². The van der Waals surface area contributed by atoms with E-state index in [-0.39, 0.29) is 6.04 Å². The van der Waals surface area contributed by atoms with E-state index >= 15 is 0 Å². The standard InChI is InChI=1S/C9H7Cl2N/c1-6(12-2)7-3-8(10)5-9(11)4-7/h3-6H,1H3. The van der Waals surface area contributed by atoms with Crippen LogP contribution < -0.4 is 0 Å². The van der Waals surface area contributed by atoms with Crippen LogP contribution in [0.4, 0.5) is 0 Å². The molecule has 1 aromatic rings. The molecule has 1 aromatic carbocycles. The largest absolute Gasteiger partial charge is 0.309 e. The van der Waals surface area contributed by atoms with Crippen molar-refractivity contribution in [1.82, 2.24) is 0 Å². The molecule has 0 saturated carbocycles. The molecular formula is C9H7Cl2N. The molecule has 62 valence electrons. The van der Waals surface area contributed by atoms with Crippen molar-refractivity contribution in [3.63, 3.8) is 0 Å². The van der Waals surface area contributed by atoms with Crippen LogP contribution in [0.2, 0.25) is 10.0 Å². The van der Waals surface area contributed by atoms with Crippen molar-refractivity contribution in [3.8, 4) is 0 Å².